The monoisotopic (exact) mass is 361 g/mol. The second-order valence-corrected chi connectivity index (χ2v) is 7.34. The Balaban J connectivity index is 1.54. The number of hydrogen-bond donors (Lipinski definition) is 1. The molecular formula is C19H31N5O2. The second-order valence-electron chi connectivity index (χ2n) is 7.34. The predicted octanol–water partition coefficient (Wildman–Crippen LogP) is 2.09. The molecule has 0 bridgehead atoms. The minimum atomic E-state index is -0.0135. The van der Waals surface area contributed by atoms with Gasteiger partial charge in [-0.15, -0.1) is 0 Å². The quantitative estimate of drug-likeness (QED) is 0.893. The molecule has 7 heteroatoms. The lowest BCUT2D eigenvalue weighted by Gasteiger charge is -2.35. The van der Waals surface area contributed by atoms with Crippen LogP contribution in [-0.4, -0.2) is 57.7 Å². The molecule has 1 aromatic rings. The lowest BCUT2D eigenvalue weighted by Crippen LogP contribution is -2.48. The summed E-state index contributed by atoms with van der Waals surface area (Å²) >= 11 is 0. The summed E-state index contributed by atoms with van der Waals surface area (Å²) in [5.74, 6) is 0.292. The highest BCUT2D eigenvalue weighted by atomic mass is 16.2. The molecule has 2 aliphatic rings. The van der Waals surface area contributed by atoms with E-state index in [2.05, 4.69) is 10.4 Å². The van der Waals surface area contributed by atoms with Gasteiger partial charge in [0.25, 0.3) is 0 Å². The molecule has 1 aliphatic heterocycles. The highest BCUT2D eigenvalue weighted by Gasteiger charge is 2.31. The standard InChI is InChI=1S/C19H31N5O2/c1-4-23(5-2)18(25)14-9-11-24(12-10-14)19(26)21-16-7-6-8-17-15(16)13-20-22(17)3/h13-14,16H,4-12H2,1-3H3,(H,21,26). The van der Waals surface area contributed by atoms with Crippen molar-refractivity contribution in [1.29, 1.82) is 0 Å². The van der Waals surface area contributed by atoms with Crippen molar-refractivity contribution < 1.29 is 9.59 Å². The van der Waals surface area contributed by atoms with Crippen molar-refractivity contribution in [3.05, 3.63) is 17.5 Å². The number of amides is 3. The first-order valence-electron chi connectivity index (χ1n) is 9.90. The third-order valence-corrected chi connectivity index (χ3v) is 5.88. The molecule has 1 aromatic heterocycles. The van der Waals surface area contributed by atoms with Crippen molar-refractivity contribution in [2.45, 2.75) is 52.0 Å². The number of aromatic nitrogens is 2. The van der Waals surface area contributed by atoms with Gasteiger partial charge in [-0.1, -0.05) is 0 Å². The van der Waals surface area contributed by atoms with Crippen LogP contribution in [0.1, 0.15) is 56.8 Å². The molecule has 26 heavy (non-hydrogen) atoms. The number of aryl methyl sites for hydroxylation is 1. The number of nitrogens with zero attached hydrogens (tertiary/aromatic N) is 4. The van der Waals surface area contributed by atoms with E-state index < -0.39 is 0 Å². The molecule has 3 rings (SSSR count). The van der Waals surface area contributed by atoms with Gasteiger partial charge in [0.1, 0.15) is 0 Å². The van der Waals surface area contributed by atoms with Gasteiger partial charge >= 0.3 is 6.03 Å². The first kappa shape index (κ1) is 18.7. The third kappa shape index (κ3) is 3.71. The summed E-state index contributed by atoms with van der Waals surface area (Å²) in [4.78, 5) is 28.9. The number of piperidine rings is 1. The lowest BCUT2D eigenvalue weighted by molar-refractivity contribution is -0.136. The van der Waals surface area contributed by atoms with Crippen LogP contribution in [0.5, 0.6) is 0 Å². The van der Waals surface area contributed by atoms with E-state index in [4.69, 9.17) is 0 Å². The van der Waals surface area contributed by atoms with Gasteiger partial charge in [0.2, 0.25) is 5.91 Å². The van der Waals surface area contributed by atoms with Crippen molar-refractivity contribution in [3.63, 3.8) is 0 Å². The number of hydrogen-bond acceptors (Lipinski definition) is 3. The fraction of sp³-hybridized carbons (Fsp3) is 0.737. The highest BCUT2D eigenvalue weighted by Crippen LogP contribution is 2.29. The second kappa shape index (κ2) is 8.10. The topological polar surface area (TPSA) is 70.5 Å². The molecule has 3 amide bonds. The van der Waals surface area contributed by atoms with Gasteiger partial charge in [-0.3, -0.25) is 9.48 Å². The minimum Gasteiger partial charge on any atom is -0.343 e. The molecule has 1 aliphatic carbocycles. The number of likely N-dealkylation sites (tertiary alicyclic amines) is 1. The Labute approximate surface area is 155 Å². The van der Waals surface area contributed by atoms with Gasteiger partial charge in [0.05, 0.1) is 12.2 Å². The maximum Gasteiger partial charge on any atom is 0.317 e. The maximum atomic E-state index is 12.7. The Morgan fingerprint density at radius 2 is 1.92 bits per heavy atom. The van der Waals surface area contributed by atoms with Crippen molar-refractivity contribution in [3.8, 4) is 0 Å². The summed E-state index contributed by atoms with van der Waals surface area (Å²) < 4.78 is 1.91. The number of urea groups is 1. The summed E-state index contributed by atoms with van der Waals surface area (Å²) in [5, 5.41) is 7.53. The highest BCUT2D eigenvalue weighted by molar-refractivity contribution is 5.80. The van der Waals surface area contributed by atoms with Crippen molar-refractivity contribution in [2.75, 3.05) is 26.2 Å². The normalized spacial score (nSPS) is 20.6. The minimum absolute atomic E-state index is 0.0135. The molecular weight excluding hydrogens is 330 g/mol. The van der Waals surface area contributed by atoms with Crippen LogP contribution in [0.4, 0.5) is 4.79 Å². The average molecular weight is 361 g/mol. The molecule has 1 saturated heterocycles. The Morgan fingerprint density at radius 3 is 2.58 bits per heavy atom. The number of rotatable bonds is 4. The van der Waals surface area contributed by atoms with Crippen LogP contribution in [0.3, 0.4) is 0 Å². The van der Waals surface area contributed by atoms with Crippen LogP contribution in [0.25, 0.3) is 0 Å². The Hall–Kier alpha value is -2.05. The maximum absolute atomic E-state index is 12.7. The van der Waals surface area contributed by atoms with E-state index in [-0.39, 0.29) is 23.9 Å². The zero-order chi connectivity index (χ0) is 18.7. The summed E-state index contributed by atoms with van der Waals surface area (Å²) in [5.41, 5.74) is 2.38. The summed E-state index contributed by atoms with van der Waals surface area (Å²) in [7, 11) is 1.96. The van der Waals surface area contributed by atoms with Crippen LogP contribution in [0.2, 0.25) is 0 Å². The number of carbonyl (C=O) groups excluding carboxylic acids is 2. The molecule has 0 radical (unpaired) electrons. The molecule has 144 valence electrons. The van der Waals surface area contributed by atoms with E-state index in [0.717, 1.165) is 50.8 Å². The molecule has 0 spiro atoms. The average Bonchev–Trinajstić information content (AvgIpc) is 3.05. The molecule has 1 fully saturated rings. The van der Waals surface area contributed by atoms with Crippen molar-refractivity contribution >= 4 is 11.9 Å². The zero-order valence-corrected chi connectivity index (χ0v) is 16.2. The van der Waals surface area contributed by atoms with E-state index in [9.17, 15) is 9.59 Å². The van der Waals surface area contributed by atoms with Crippen LogP contribution in [0.15, 0.2) is 6.20 Å². The Bertz CT molecular complexity index is 644. The summed E-state index contributed by atoms with van der Waals surface area (Å²) in [6.45, 7) is 6.84. The van der Waals surface area contributed by atoms with Crippen LogP contribution < -0.4 is 5.32 Å². The molecule has 1 atom stereocenters. The molecule has 0 saturated carbocycles. The van der Waals surface area contributed by atoms with Crippen molar-refractivity contribution in [1.82, 2.24) is 24.9 Å². The summed E-state index contributed by atoms with van der Waals surface area (Å²) in [6, 6.07) is 0.0374. The van der Waals surface area contributed by atoms with Crippen LogP contribution in [0, 0.1) is 5.92 Å². The van der Waals surface area contributed by atoms with E-state index in [1.807, 2.05) is 41.6 Å². The predicted molar refractivity (Wildman–Crippen MR) is 99.6 cm³/mol. The molecule has 7 nitrogen and oxygen atoms in total. The molecule has 0 aromatic carbocycles. The van der Waals surface area contributed by atoms with Gasteiger partial charge in [-0.2, -0.15) is 5.10 Å². The van der Waals surface area contributed by atoms with Crippen molar-refractivity contribution in [2.24, 2.45) is 13.0 Å². The van der Waals surface area contributed by atoms with E-state index in [1.165, 1.54) is 5.69 Å². The first-order valence-corrected chi connectivity index (χ1v) is 9.90. The van der Waals surface area contributed by atoms with Gasteiger partial charge < -0.3 is 15.1 Å². The fourth-order valence-corrected chi connectivity index (χ4v) is 4.22. The fourth-order valence-electron chi connectivity index (χ4n) is 4.22. The zero-order valence-electron chi connectivity index (χ0n) is 16.2. The molecule has 2 heterocycles. The van der Waals surface area contributed by atoms with E-state index in [1.54, 1.807) is 0 Å². The summed E-state index contributed by atoms with van der Waals surface area (Å²) in [6.07, 6.45) is 6.45. The number of carbonyl (C=O) groups is 2. The number of nitrogens with one attached hydrogen (secondary N) is 1. The molecule has 1 unspecified atom stereocenters. The SMILES string of the molecule is CCN(CC)C(=O)C1CCN(C(=O)NC2CCCc3c2cnn3C)CC1. The van der Waals surface area contributed by atoms with Gasteiger partial charge in [0.15, 0.2) is 0 Å². The van der Waals surface area contributed by atoms with Gasteiger partial charge in [-0.05, 0) is 46.0 Å². The third-order valence-electron chi connectivity index (χ3n) is 5.88. The van der Waals surface area contributed by atoms with Crippen LogP contribution >= 0.6 is 0 Å². The molecule has 1 N–H and O–H groups in total. The van der Waals surface area contributed by atoms with Gasteiger partial charge in [-0.25, -0.2) is 4.79 Å². The Morgan fingerprint density at radius 1 is 1.23 bits per heavy atom. The lowest BCUT2D eigenvalue weighted by atomic mass is 9.93. The van der Waals surface area contributed by atoms with E-state index in [0.29, 0.717) is 13.1 Å². The first-order chi connectivity index (χ1) is 12.5. The number of fused-ring (bicyclic) bond motifs is 1. The largest absolute Gasteiger partial charge is 0.343 e. The van der Waals surface area contributed by atoms with Crippen LogP contribution in [-0.2, 0) is 18.3 Å². The van der Waals surface area contributed by atoms with E-state index >= 15 is 0 Å². The Kier molecular flexibility index (Phi) is 5.84. The van der Waals surface area contributed by atoms with Gasteiger partial charge in [0, 0.05) is 50.4 Å². The smallest absolute Gasteiger partial charge is 0.317 e.